The quantitative estimate of drug-likeness (QED) is 0.0821. The van der Waals surface area contributed by atoms with Crippen molar-refractivity contribution in [1.29, 1.82) is 0 Å². The van der Waals surface area contributed by atoms with Crippen LogP contribution in [0.3, 0.4) is 0 Å². The lowest BCUT2D eigenvalue weighted by molar-refractivity contribution is -0.142. The van der Waals surface area contributed by atoms with Crippen molar-refractivity contribution in [2.24, 2.45) is 11.7 Å². The van der Waals surface area contributed by atoms with E-state index in [-0.39, 0.29) is 38.1 Å². The molecule has 0 saturated carbocycles. The highest BCUT2D eigenvalue weighted by molar-refractivity contribution is 7.98. The maximum atomic E-state index is 13.4. The van der Waals surface area contributed by atoms with Crippen molar-refractivity contribution in [3.63, 3.8) is 0 Å². The molecule has 0 aliphatic carbocycles. The summed E-state index contributed by atoms with van der Waals surface area (Å²) in [5.74, 6) is -5.69. The summed E-state index contributed by atoms with van der Waals surface area (Å²) in [5.41, 5.74) is 6.05. The van der Waals surface area contributed by atoms with Gasteiger partial charge in [0.1, 0.15) is 30.2 Å². The van der Waals surface area contributed by atoms with Crippen LogP contribution in [0.1, 0.15) is 52.0 Å². The first-order valence-electron chi connectivity index (χ1n) is 14.9. The molecule has 16 heteroatoms. The molecular weight excluding hydrogens is 620 g/mol. The molecule has 0 aliphatic heterocycles. The Morgan fingerprint density at radius 1 is 0.739 bits per heavy atom. The van der Waals surface area contributed by atoms with E-state index in [2.05, 4.69) is 26.6 Å². The summed E-state index contributed by atoms with van der Waals surface area (Å²) in [7, 11) is 0. The molecule has 0 heterocycles. The minimum absolute atomic E-state index is 0.00302. The SMILES string of the molecule is CSCC[C@H](NC(=O)[C@H](CC(C)C)NC(=O)CN)C(=O)N[C@@H](CCC(=O)O)C(=O)N[C@@H](C)C(=O)N[C@@H](Cc1ccccc1)C(=O)O. The lowest BCUT2D eigenvalue weighted by Crippen LogP contribution is -2.58. The number of nitrogens with two attached hydrogens (primary N) is 1. The molecule has 0 fully saturated rings. The lowest BCUT2D eigenvalue weighted by Gasteiger charge is -2.26. The number of nitrogens with one attached hydrogen (secondary N) is 5. The van der Waals surface area contributed by atoms with Crippen LogP contribution in [0.5, 0.6) is 0 Å². The van der Waals surface area contributed by atoms with E-state index in [0.717, 1.165) is 0 Å². The molecule has 0 radical (unpaired) electrons. The third-order valence-corrected chi connectivity index (χ3v) is 7.36. The van der Waals surface area contributed by atoms with Crippen molar-refractivity contribution in [3.05, 3.63) is 35.9 Å². The second-order valence-corrected chi connectivity index (χ2v) is 12.1. The fourth-order valence-corrected chi connectivity index (χ4v) is 4.74. The summed E-state index contributed by atoms with van der Waals surface area (Å²) in [6, 6.07) is 2.59. The third-order valence-electron chi connectivity index (χ3n) is 6.72. The highest BCUT2D eigenvalue weighted by Gasteiger charge is 2.31. The molecule has 1 rings (SSSR count). The molecule has 1 aromatic carbocycles. The van der Waals surface area contributed by atoms with Crippen LogP contribution in [-0.2, 0) is 40.0 Å². The minimum Gasteiger partial charge on any atom is -0.481 e. The monoisotopic (exact) mass is 666 g/mol. The Labute approximate surface area is 272 Å². The van der Waals surface area contributed by atoms with Crippen LogP contribution >= 0.6 is 11.8 Å². The summed E-state index contributed by atoms with van der Waals surface area (Å²) in [5, 5.41) is 31.3. The summed E-state index contributed by atoms with van der Waals surface area (Å²) >= 11 is 1.41. The van der Waals surface area contributed by atoms with Crippen LogP contribution in [0, 0.1) is 5.92 Å². The van der Waals surface area contributed by atoms with Gasteiger partial charge in [0.15, 0.2) is 0 Å². The first-order valence-corrected chi connectivity index (χ1v) is 16.3. The fourth-order valence-electron chi connectivity index (χ4n) is 4.27. The molecule has 46 heavy (non-hydrogen) atoms. The summed E-state index contributed by atoms with van der Waals surface area (Å²) in [6.07, 6.45) is 1.38. The predicted octanol–water partition coefficient (Wildman–Crippen LogP) is -0.620. The topological polar surface area (TPSA) is 246 Å². The molecular formula is C30H46N6O9S. The molecule has 0 aliphatic rings. The van der Waals surface area contributed by atoms with E-state index in [0.29, 0.717) is 11.3 Å². The van der Waals surface area contributed by atoms with Gasteiger partial charge in [0, 0.05) is 12.8 Å². The number of benzene rings is 1. The Balaban J connectivity index is 3.05. The standard InChI is InChI=1S/C30H46N6O9S/c1-17(2)14-22(33-24(37)16-31)29(43)35-21(12-13-46-4)28(42)34-20(10-11-25(38)39)27(41)32-18(3)26(40)36-23(30(44)45)15-19-8-6-5-7-9-19/h5-9,17-18,20-23H,10-16,31H2,1-4H3,(H,32,41)(H,33,37)(H,34,42)(H,35,43)(H,36,40)(H,38,39)(H,44,45)/t18-,20-,21-,22-,23-/m0/s1. The summed E-state index contributed by atoms with van der Waals surface area (Å²) in [4.78, 5) is 87.5. The van der Waals surface area contributed by atoms with Crippen molar-refractivity contribution in [3.8, 4) is 0 Å². The molecule has 0 unspecified atom stereocenters. The Hall–Kier alpha value is -4.18. The van der Waals surface area contributed by atoms with Gasteiger partial charge in [-0.15, -0.1) is 0 Å². The van der Waals surface area contributed by atoms with E-state index < -0.39 is 78.1 Å². The molecule has 0 spiro atoms. The molecule has 15 nitrogen and oxygen atoms in total. The normalized spacial score (nSPS) is 14.1. The molecule has 9 N–H and O–H groups in total. The second kappa shape index (κ2) is 20.8. The zero-order valence-electron chi connectivity index (χ0n) is 26.5. The van der Waals surface area contributed by atoms with Gasteiger partial charge in [-0.3, -0.25) is 28.8 Å². The van der Waals surface area contributed by atoms with Gasteiger partial charge in [-0.05, 0) is 49.7 Å². The van der Waals surface area contributed by atoms with E-state index in [1.807, 2.05) is 13.8 Å². The second-order valence-electron chi connectivity index (χ2n) is 11.1. The largest absolute Gasteiger partial charge is 0.481 e. The van der Waals surface area contributed by atoms with Gasteiger partial charge < -0.3 is 42.5 Å². The molecule has 0 bridgehead atoms. The van der Waals surface area contributed by atoms with E-state index in [4.69, 9.17) is 5.73 Å². The molecule has 0 aromatic heterocycles. The van der Waals surface area contributed by atoms with E-state index in [9.17, 15) is 43.8 Å². The number of hydrogen-bond acceptors (Lipinski definition) is 9. The van der Waals surface area contributed by atoms with Crippen LogP contribution < -0.4 is 32.3 Å². The zero-order valence-corrected chi connectivity index (χ0v) is 27.4. The Kier molecular flexibility index (Phi) is 18.0. The highest BCUT2D eigenvalue weighted by Crippen LogP contribution is 2.09. The van der Waals surface area contributed by atoms with E-state index >= 15 is 0 Å². The van der Waals surface area contributed by atoms with Gasteiger partial charge in [0.2, 0.25) is 29.5 Å². The maximum Gasteiger partial charge on any atom is 0.326 e. The fraction of sp³-hybridized carbons (Fsp3) is 0.567. The summed E-state index contributed by atoms with van der Waals surface area (Å²) < 4.78 is 0. The van der Waals surface area contributed by atoms with Crippen molar-refractivity contribution in [2.75, 3.05) is 18.6 Å². The third kappa shape index (κ3) is 15.2. The van der Waals surface area contributed by atoms with Crippen molar-refractivity contribution >= 4 is 53.2 Å². The number of hydrogen-bond donors (Lipinski definition) is 8. The van der Waals surface area contributed by atoms with Crippen LogP contribution in [0.2, 0.25) is 0 Å². The molecule has 5 atom stereocenters. The zero-order chi connectivity index (χ0) is 34.8. The van der Waals surface area contributed by atoms with Crippen LogP contribution in [0.25, 0.3) is 0 Å². The Morgan fingerprint density at radius 3 is 1.80 bits per heavy atom. The number of amides is 5. The average molecular weight is 667 g/mol. The van der Waals surface area contributed by atoms with Crippen molar-refractivity contribution in [1.82, 2.24) is 26.6 Å². The van der Waals surface area contributed by atoms with Gasteiger partial charge in [-0.25, -0.2) is 4.79 Å². The number of carboxylic acid groups (broad SMARTS) is 2. The van der Waals surface area contributed by atoms with Gasteiger partial charge in [-0.2, -0.15) is 11.8 Å². The van der Waals surface area contributed by atoms with Crippen LogP contribution in [0.4, 0.5) is 0 Å². The first kappa shape index (κ1) is 39.8. The number of thioether (sulfide) groups is 1. The summed E-state index contributed by atoms with van der Waals surface area (Å²) in [6.45, 7) is 4.69. The van der Waals surface area contributed by atoms with Crippen molar-refractivity contribution in [2.45, 2.75) is 83.1 Å². The molecule has 0 saturated heterocycles. The number of carbonyl (C=O) groups is 7. The van der Waals surface area contributed by atoms with Crippen LogP contribution in [-0.4, -0.2) is 100 Å². The van der Waals surface area contributed by atoms with Gasteiger partial charge in [0.25, 0.3) is 0 Å². The Morgan fingerprint density at radius 2 is 1.28 bits per heavy atom. The smallest absolute Gasteiger partial charge is 0.326 e. The van der Waals surface area contributed by atoms with E-state index in [1.54, 1.807) is 36.6 Å². The Bertz CT molecular complexity index is 1200. The molecule has 256 valence electrons. The van der Waals surface area contributed by atoms with Gasteiger partial charge >= 0.3 is 11.9 Å². The molecule has 5 amide bonds. The average Bonchev–Trinajstić information content (AvgIpc) is 3.00. The first-order chi connectivity index (χ1) is 21.7. The van der Waals surface area contributed by atoms with Gasteiger partial charge in [0.05, 0.1) is 6.54 Å². The van der Waals surface area contributed by atoms with Crippen LogP contribution in [0.15, 0.2) is 30.3 Å². The maximum absolute atomic E-state index is 13.4. The van der Waals surface area contributed by atoms with Gasteiger partial charge in [-0.1, -0.05) is 44.2 Å². The number of carboxylic acids is 2. The number of carbonyl (C=O) groups excluding carboxylic acids is 5. The highest BCUT2D eigenvalue weighted by atomic mass is 32.2. The van der Waals surface area contributed by atoms with E-state index in [1.165, 1.54) is 18.7 Å². The number of rotatable bonds is 21. The van der Waals surface area contributed by atoms with Crippen molar-refractivity contribution < 1.29 is 43.8 Å². The minimum atomic E-state index is -1.41. The number of aliphatic carboxylic acids is 2. The molecule has 1 aromatic rings. The lowest BCUT2D eigenvalue weighted by atomic mass is 10.0. The predicted molar refractivity (Wildman–Crippen MR) is 171 cm³/mol.